The molecule has 0 spiro atoms. The van der Waals surface area contributed by atoms with Gasteiger partial charge in [0.15, 0.2) is 0 Å². The number of benzene rings is 3. The molecule has 32 heavy (non-hydrogen) atoms. The van der Waals surface area contributed by atoms with Crippen molar-refractivity contribution >= 4 is 34.2 Å². The first-order chi connectivity index (χ1) is 15.3. The van der Waals surface area contributed by atoms with Crippen molar-refractivity contribution < 1.29 is 9.18 Å². The molecule has 0 bridgehead atoms. The molecule has 1 heterocycles. The van der Waals surface area contributed by atoms with Crippen LogP contribution in [0.2, 0.25) is 5.02 Å². The molecule has 0 aliphatic rings. The highest BCUT2D eigenvalue weighted by molar-refractivity contribution is 6.30. The Morgan fingerprint density at radius 3 is 2.53 bits per heavy atom. The number of carbonyl (C=O) groups excluding carboxylic acids is 1. The summed E-state index contributed by atoms with van der Waals surface area (Å²) >= 11 is 6.00. The zero-order valence-electron chi connectivity index (χ0n) is 17.4. The second-order valence-corrected chi connectivity index (χ2v) is 7.77. The van der Waals surface area contributed by atoms with Crippen molar-refractivity contribution in [3.63, 3.8) is 0 Å². The van der Waals surface area contributed by atoms with Crippen molar-refractivity contribution in [2.45, 2.75) is 13.0 Å². The van der Waals surface area contributed by atoms with E-state index in [2.05, 4.69) is 10.3 Å². The molecule has 0 radical (unpaired) electrons. The summed E-state index contributed by atoms with van der Waals surface area (Å²) < 4.78 is 14.9. The first-order valence-electron chi connectivity index (χ1n) is 9.92. The van der Waals surface area contributed by atoms with Gasteiger partial charge in [0.05, 0.1) is 22.6 Å². The Bertz CT molecular complexity index is 1350. The van der Waals surface area contributed by atoms with Gasteiger partial charge in [0, 0.05) is 17.8 Å². The van der Waals surface area contributed by atoms with Gasteiger partial charge in [0.2, 0.25) is 0 Å². The van der Waals surface area contributed by atoms with Gasteiger partial charge in [-0.2, -0.15) is 0 Å². The number of hydrogen-bond donors (Lipinski definition) is 1. The number of amides is 2. The van der Waals surface area contributed by atoms with Crippen LogP contribution in [0.4, 0.5) is 14.9 Å². The van der Waals surface area contributed by atoms with Crippen molar-refractivity contribution in [2.75, 3.05) is 12.4 Å². The second-order valence-electron chi connectivity index (χ2n) is 7.33. The molecule has 1 atom stereocenters. The van der Waals surface area contributed by atoms with E-state index in [1.807, 2.05) is 0 Å². The smallest absolute Gasteiger partial charge is 0.318 e. The van der Waals surface area contributed by atoms with Crippen LogP contribution in [0.3, 0.4) is 0 Å². The molecule has 162 valence electrons. The summed E-state index contributed by atoms with van der Waals surface area (Å²) in [6.07, 6.45) is 0. The highest BCUT2D eigenvalue weighted by Crippen LogP contribution is 2.23. The molecule has 1 aromatic heterocycles. The lowest BCUT2D eigenvalue weighted by molar-refractivity contribution is 0.205. The average Bonchev–Trinajstić information content (AvgIpc) is 2.79. The lowest BCUT2D eigenvalue weighted by Gasteiger charge is -2.27. The van der Waals surface area contributed by atoms with E-state index in [1.54, 1.807) is 62.5 Å². The molecule has 1 unspecified atom stereocenters. The van der Waals surface area contributed by atoms with Gasteiger partial charge in [-0.3, -0.25) is 9.36 Å². The SMILES string of the molecule is CC(c1nc2ccccc2c(=O)n1-c1ccc(F)cc1)N(C)C(=O)Nc1cccc(Cl)c1. The van der Waals surface area contributed by atoms with E-state index in [4.69, 9.17) is 11.6 Å². The molecule has 4 aromatic rings. The maximum absolute atomic E-state index is 13.5. The Balaban J connectivity index is 1.78. The Kier molecular flexibility index (Phi) is 5.92. The van der Waals surface area contributed by atoms with Gasteiger partial charge in [0.25, 0.3) is 5.56 Å². The molecule has 8 heteroatoms. The quantitative estimate of drug-likeness (QED) is 0.452. The summed E-state index contributed by atoms with van der Waals surface area (Å²) in [5, 5.41) is 3.72. The van der Waals surface area contributed by atoms with E-state index in [9.17, 15) is 14.0 Å². The number of rotatable bonds is 4. The number of urea groups is 1. The normalized spacial score (nSPS) is 11.9. The third-order valence-electron chi connectivity index (χ3n) is 5.24. The summed E-state index contributed by atoms with van der Waals surface area (Å²) in [7, 11) is 1.61. The molecule has 4 rings (SSSR count). The first-order valence-corrected chi connectivity index (χ1v) is 10.3. The minimum atomic E-state index is -0.587. The van der Waals surface area contributed by atoms with Crippen molar-refractivity contribution in [3.8, 4) is 5.69 Å². The maximum Gasteiger partial charge on any atom is 0.322 e. The van der Waals surface area contributed by atoms with Gasteiger partial charge >= 0.3 is 6.03 Å². The lowest BCUT2D eigenvalue weighted by atomic mass is 10.2. The molecule has 3 aromatic carbocycles. The van der Waals surface area contributed by atoms with Crippen molar-refractivity contribution in [2.24, 2.45) is 0 Å². The van der Waals surface area contributed by atoms with Crippen LogP contribution in [-0.2, 0) is 0 Å². The predicted molar refractivity (Wildman–Crippen MR) is 124 cm³/mol. The number of halogens is 2. The largest absolute Gasteiger partial charge is 0.322 e. The number of carbonyl (C=O) groups is 1. The van der Waals surface area contributed by atoms with E-state index < -0.39 is 17.9 Å². The Morgan fingerprint density at radius 2 is 1.81 bits per heavy atom. The molecule has 0 aliphatic carbocycles. The summed E-state index contributed by atoms with van der Waals surface area (Å²) in [5.74, 6) is -0.0628. The molecule has 0 aliphatic heterocycles. The molecule has 6 nitrogen and oxygen atoms in total. The first kappa shape index (κ1) is 21.5. The van der Waals surface area contributed by atoms with Crippen LogP contribution in [0, 0.1) is 5.82 Å². The van der Waals surface area contributed by atoms with E-state index >= 15 is 0 Å². The zero-order chi connectivity index (χ0) is 22.8. The topological polar surface area (TPSA) is 67.2 Å². The second kappa shape index (κ2) is 8.80. The summed E-state index contributed by atoms with van der Waals surface area (Å²) in [6.45, 7) is 1.77. The number of nitrogens with zero attached hydrogens (tertiary/aromatic N) is 3. The van der Waals surface area contributed by atoms with E-state index in [-0.39, 0.29) is 5.56 Å². The third-order valence-corrected chi connectivity index (χ3v) is 5.47. The molecule has 2 amide bonds. The van der Waals surface area contributed by atoms with Gasteiger partial charge in [0.1, 0.15) is 11.6 Å². The Labute approximate surface area is 188 Å². The minimum Gasteiger partial charge on any atom is -0.318 e. The van der Waals surface area contributed by atoms with Crippen LogP contribution in [0.15, 0.2) is 77.6 Å². The van der Waals surface area contributed by atoms with Crippen LogP contribution < -0.4 is 10.9 Å². The fraction of sp³-hybridized carbons (Fsp3) is 0.125. The Morgan fingerprint density at radius 1 is 1.09 bits per heavy atom. The van der Waals surface area contributed by atoms with E-state index in [1.165, 1.54) is 33.7 Å². The highest BCUT2D eigenvalue weighted by Gasteiger charge is 2.24. The predicted octanol–water partition coefficient (Wildman–Crippen LogP) is 5.40. The van der Waals surface area contributed by atoms with Crippen LogP contribution in [0.25, 0.3) is 16.6 Å². The molecular weight excluding hydrogens is 431 g/mol. The number of aromatic nitrogens is 2. The third kappa shape index (κ3) is 4.20. The van der Waals surface area contributed by atoms with Crippen molar-refractivity contribution in [1.82, 2.24) is 14.5 Å². The number of hydrogen-bond acceptors (Lipinski definition) is 3. The van der Waals surface area contributed by atoms with Gasteiger partial charge in [-0.25, -0.2) is 14.2 Å². The lowest BCUT2D eigenvalue weighted by Crippen LogP contribution is -2.37. The van der Waals surface area contributed by atoms with Crippen LogP contribution in [0.1, 0.15) is 18.8 Å². The highest BCUT2D eigenvalue weighted by atomic mass is 35.5. The molecule has 0 saturated carbocycles. The van der Waals surface area contributed by atoms with Gasteiger partial charge < -0.3 is 10.2 Å². The maximum atomic E-state index is 13.5. The van der Waals surface area contributed by atoms with Crippen LogP contribution in [-0.4, -0.2) is 27.5 Å². The van der Waals surface area contributed by atoms with Crippen molar-refractivity contribution in [1.29, 1.82) is 0 Å². The number of nitrogens with one attached hydrogen (secondary N) is 1. The molecule has 1 N–H and O–H groups in total. The van der Waals surface area contributed by atoms with E-state index in [0.29, 0.717) is 33.1 Å². The number of anilines is 1. The van der Waals surface area contributed by atoms with Crippen LogP contribution in [0.5, 0.6) is 0 Å². The fourth-order valence-electron chi connectivity index (χ4n) is 3.40. The van der Waals surface area contributed by atoms with Gasteiger partial charge in [-0.1, -0.05) is 29.8 Å². The summed E-state index contributed by atoms with van der Waals surface area (Å²) in [6, 6.07) is 18.4. The Hall–Kier alpha value is -3.71. The standard InChI is InChI=1S/C24H20ClFN4O2/c1-15(29(2)24(32)27-18-7-5-6-16(25)14-18)22-28-21-9-4-3-8-20(21)23(31)30(22)19-12-10-17(26)11-13-19/h3-15H,1-2H3,(H,27,32). The number of para-hydroxylation sites is 1. The molecule has 0 saturated heterocycles. The fourth-order valence-corrected chi connectivity index (χ4v) is 3.59. The van der Waals surface area contributed by atoms with Crippen LogP contribution >= 0.6 is 11.6 Å². The summed E-state index contributed by atoms with van der Waals surface area (Å²) in [4.78, 5) is 32.4. The molecule has 0 fully saturated rings. The summed E-state index contributed by atoms with van der Waals surface area (Å²) in [5.41, 5.74) is 1.22. The minimum absolute atomic E-state index is 0.298. The monoisotopic (exact) mass is 450 g/mol. The number of fused-ring (bicyclic) bond motifs is 1. The van der Waals surface area contributed by atoms with Gasteiger partial charge in [-0.15, -0.1) is 0 Å². The average molecular weight is 451 g/mol. The molecular formula is C24H20ClFN4O2. The zero-order valence-corrected chi connectivity index (χ0v) is 18.2. The van der Waals surface area contributed by atoms with Crippen molar-refractivity contribution in [3.05, 3.63) is 99.8 Å². The van der Waals surface area contributed by atoms with E-state index in [0.717, 1.165) is 0 Å². The van der Waals surface area contributed by atoms with Gasteiger partial charge in [-0.05, 0) is 61.5 Å².